The Morgan fingerprint density at radius 3 is 1.83 bits per heavy atom. The van der Waals surface area contributed by atoms with Crippen LogP contribution >= 0.6 is 0 Å². The molecule has 0 amide bonds. The SMILES string of the molecule is OCC1OC(O[C@@H]2C(CO)OC(O)[C@@H](O)C2O)[C@@H](O)C(O)[C@@H]1O. The number of hydrogen-bond donors (Lipinski definition) is 8. The molecule has 0 aromatic rings. The molecule has 2 saturated heterocycles. The summed E-state index contributed by atoms with van der Waals surface area (Å²) < 4.78 is 15.3. The molecule has 0 aromatic carbocycles. The molecule has 0 aliphatic carbocycles. The Balaban J connectivity index is 2.11. The normalized spacial score (nSPS) is 51.7. The zero-order valence-electron chi connectivity index (χ0n) is 12.0. The van der Waals surface area contributed by atoms with Crippen LogP contribution in [0.5, 0.6) is 0 Å². The fourth-order valence-corrected chi connectivity index (χ4v) is 2.57. The lowest BCUT2D eigenvalue weighted by Crippen LogP contribution is -2.64. The minimum Gasteiger partial charge on any atom is -0.394 e. The second-order valence-corrected chi connectivity index (χ2v) is 5.53. The molecule has 2 fully saturated rings. The van der Waals surface area contributed by atoms with Crippen LogP contribution in [0.1, 0.15) is 0 Å². The summed E-state index contributed by atoms with van der Waals surface area (Å²) in [6.07, 6.45) is -15.6. The molecule has 0 bridgehead atoms. The predicted molar refractivity (Wildman–Crippen MR) is 68.6 cm³/mol. The van der Waals surface area contributed by atoms with Crippen molar-refractivity contribution >= 4 is 0 Å². The predicted octanol–water partition coefficient (Wildman–Crippen LogP) is -5.40. The Labute approximate surface area is 130 Å². The van der Waals surface area contributed by atoms with Crippen LogP contribution in [0.25, 0.3) is 0 Å². The van der Waals surface area contributed by atoms with E-state index in [0.29, 0.717) is 0 Å². The van der Waals surface area contributed by atoms with Gasteiger partial charge in [0.25, 0.3) is 0 Å². The third kappa shape index (κ3) is 3.65. The van der Waals surface area contributed by atoms with Gasteiger partial charge in [-0.15, -0.1) is 0 Å². The maximum atomic E-state index is 9.94. The molecule has 2 aliphatic rings. The first-order valence-corrected chi connectivity index (χ1v) is 7.08. The molecule has 6 unspecified atom stereocenters. The second kappa shape index (κ2) is 7.63. The van der Waals surface area contributed by atoms with E-state index >= 15 is 0 Å². The summed E-state index contributed by atoms with van der Waals surface area (Å²) in [5, 5.41) is 76.5. The highest BCUT2D eigenvalue weighted by atomic mass is 16.7. The van der Waals surface area contributed by atoms with Crippen LogP contribution in [0.2, 0.25) is 0 Å². The Morgan fingerprint density at radius 1 is 0.652 bits per heavy atom. The summed E-state index contributed by atoms with van der Waals surface area (Å²) in [6, 6.07) is 0. The van der Waals surface area contributed by atoms with E-state index < -0.39 is 74.6 Å². The van der Waals surface area contributed by atoms with Gasteiger partial charge in [-0.25, -0.2) is 0 Å². The molecular weight excluding hydrogens is 320 g/mol. The first-order valence-electron chi connectivity index (χ1n) is 7.08. The molecule has 0 aromatic heterocycles. The largest absolute Gasteiger partial charge is 0.394 e. The Hall–Kier alpha value is -0.440. The first-order chi connectivity index (χ1) is 10.8. The lowest BCUT2D eigenvalue weighted by Gasteiger charge is -2.45. The van der Waals surface area contributed by atoms with Crippen molar-refractivity contribution in [3.05, 3.63) is 0 Å². The van der Waals surface area contributed by atoms with Gasteiger partial charge in [0.1, 0.15) is 48.8 Å². The average Bonchev–Trinajstić information content (AvgIpc) is 2.55. The fraction of sp³-hybridized carbons (Fsp3) is 1.00. The van der Waals surface area contributed by atoms with Crippen LogP contribution in [0.3, 0.4) is 0 Å². The van der Waals surface area contributed by atoms with E-state index in [4.69, 9.17) is 19.3 Å². The van der Waals surface area contributed by atoms with Gasteiger partial charge in [0.2, 0.25) is 0 Å². The van der Waals surface area contributed by atoms with Crippen LogP contribution in [0, 0.1) is 0 Å². The number of rotatable bonds is 4. The molecule has 2 aliphatic heterocycles. The van der Waals surface area contributed by atoms with E-state index in [2.05, 4.69) is 0 Å². The van der Waals surface area contributed by atoms with Crippen molar-refractivity contribution in [2.24, 2.45) is 0 Å². The highest BCUT2D eigenvalue weighted by molar-refractivity contribution is 4.93. The molecule has 2 rings (SSSR count). The van der Waals surface area contributed by atoms with Gasteiger partial charge < -0.3 is 55.1 Å². The molecule has 0 saturated carbocycles. The van der Waals surface area contributed by atoms with Crippen molar-refractivity contribution in [3.8, 4) is 0 Å². The second-order valence-electron chi connectivity index (χ2n) is 5.53. The fourth-order valence-electron chi connectivity index (χ4n) is 2.57. The van der Waals surface area contributed by atoms with Crippen LogP contribution in [0.15, 0.2) is 0 Å². The average molecular weight is 342 g/mol. The summed E-state index contributed by atoms with van der Waals surface area (Å²) in [5.74, 6) is 0. The topological polar surface area (TPSA) is 190 Å². The third-order valence-electron chi connectivity index (χ3n) is 3.98. The molecule has 11 heteroatoms. The van der Waals surface area contributed by atoms with Crippen molar-refractivity contribution in [1.29, 1.82) is 0 Å². The zero-order chi connectivity index (χ0) is 17.3. The quantitative estimate of drug-likeness (QED) is 0.243. The Bertz CT molecular complexity index is 378. The summed E-state index contributed by atoms with van der Waals surface area (Å²) in [5.41, 5.74) is 0. The number of aliphatic hydroxyl groups excluding tert-OH is 8. The Kier molecular flexibility index (Phi) is 6.27. The van der Waals surface area contributed by atoms with Gasteiger partial charge in [0, 0.05) is 0 Å². The number of hydrogen-bond acceptors (Lipinski definition) is 11. The van der Waals surface area contributed by atoms with Crippen molar-refractivity contribution in [2.75, 3.05) is 13.2 Å². The maximum absolute atomic E-state index is 9.94. The minimum atomic E-state index is -1.74. The molecular formula is C12H22O11. The molecule has 2 heterocycles. The molecule has 11 nitrogen and oxygen atoms in total. The first kappa shape index (κ1) is 18.9. The maximum Gasteiger partial charge on any atom is 0.187 e. The van der Waals surface area contributed by atoms with E-state index in [0.717, 1.165) is 0 Å². The van der Waals surface area contributed by atoms with E-state index in [1.165, 1.54) is 0 Å². The smallest absolute Gasteiger partial charge is 0.187 e. The van der Waals surface area contributed by atoms with E-state index in [9.17, 15) is 35.7 Å². The van der Waals surface area contributed by atoms with E-state index in [1.54, 1.807) is 0 Å². The van der Waals surface area contributed by atoms with Gasteiger partial charge >= 0.3 is 0 Å². The number of aliphatic hydroxyl groups is 8. The van der Waals surface area contributed by atoms with Crippen LogP contribution < -0.4 is 0 Å². The highest BCUT2D eigenvalue weighted by Gasteiger charge is 2.50. The van der Waals surface area contributed by atoms with Gasteiger partial charge in [0.05, 0.1) is 13.2 Å². The molecule has 8 N–H and O–H groups in total. The number of ether oxygens (including phenoxy) is 3. The molecule has 0 spiro atoms. The van der Waals surface area contributed by atoms with Crippen molar-refractivity contribution < 1.29 is 55.1 Å². The minimum absolute atomic E-state index is 0.667. The molecule has 23 heavy (non-hydrogen) atoms. The van der Waals surface area contributed by atoms with Gasteiger partial charge in [-0.2, -0.15) is 0 Å². The molecule has 10 atom stereocenters. The van der Waals surface area contributed by atoms with Gasteiger partial charge in [-0.1, -0.05) is 0 Å². The van der Waals surface area contributed by atoms with E-state index in [-0.39, 0.29) is 0 Å². The van der Waals surface area contributed by atoms with Crippen LogP contribution in [-0.2, 0) is 14.2 Å². The molecule has 136 valence electrons. The summed E-state index contributed by atoms with van der Waals surface area (Å²) >= 11 is 0. The van der Waals surface area contributed by atoms with Crippen molar-refractivity contribution in [1.82, 2.24) is 0 Å². The summed E-state index contributed by atoms with van der Waals surface area (Å²) in [7, 11) is 0. The Morgan fingerprint density at radius 2 is 1.26 bits per heavy atom. The summed E-state index contributed by atoms with van der Waals surface area (Å²) in [4.78, 5) is 0. The van der Waals surface area contributed by atoms with Gasteiger partial charge in [0.15, 0.2) is 12.6 Å². The highest BCUT2D eigenvalue weighted by Crippen LogP contribution is 2.28. The van der Waals surface area contributed by atoms with Crippen LogP contribution in [-0.4, -0.2) is 115 Å². The zero-order valence-corrected chi connectivity index (χ0v) is 12.0. The standard InChI is InChI=1S/C12H22O11/c13-1-3-5(15)6(16)9(19)12(22-3)23-10-4(2-14)21-11(20)8(18)7(10)17/h3-20H,1-2H2/t3?,4?,5-,6?,7?,8+,9+,10-,11?,12?/m1/s1. The van der Waals surface area contributed by atoms with Crippen LogP contribution in [0.4, 0.5) is 0 Å². The third-order valence-corrected chi connectivity index (χ3v) is 3.98. The molecule has 0 radical (unpaired) electrons. The van der Waals surface area contributed by atoms with Gasteiger partial charge in [-0.3, -0.25) is 0 Å². The van der Waals surface area contributed by atoms with Crippen molar-refractivity contribution in [2.45, 2.75) is 61.4 Å². The summed E-state index contributed by atoms with van der Waals surface area (Å²) in [6.45, 7) is -1.35. The lowest BCUT2D eigenvalue weighted by atomic mass is 9.97. The van der Waals surface area contributed by atoms with Gasteiger partial charge in [-0.05, 0) is 0 Å². The van der Waals surface area contributed by atoms with Crippen molar-refractivity contribution in [3.63, 3.8) is 0 Å². The monoisotopic (exact) mass is 342 g/mol. The lowest BCUT2D eigenvalue weighted by molar-refractivity contribution is -0.355. The van der Waals surface area contributed by atoms with E-state index in [1.807, 2.05) is 0 Å².